The van der Waals surface area contributed by atoms with Gasteiger partial charge in [0.15, 0.2) is 0 Å². The first-order valence-electron chi connectivity index (χ1n) is 31.5. The molecule has 304 valence electrons. The molecule has 2 aromatic heterocycles. The van der Waals surface area contributed by atoms with E-state index in [1.165, 1.54) is 6.07 Å². The van der Waals surface area contributed by atoms with Crippen molar-refractivity contribution in [2.24, 2.45) is 0 Å². The first kappa shape index (κ1) is 21.1. The van der Waals surface area contributed by atoms with Gasteiger partial charge in [0, 0.05) is 38.7 Å². The van der Waals surface area contributed by atoms with Crippen LogP contribution in [0.5, 0.6) is 0 Å². The van der Waals surface area contributed by atoms with Crippen LogP contribution in [-0.2, 0) is 0 Å². The monoisotopic (exact) mass is 850 g/mol. The molecule has 0 saturated heterocycles. The molecule has 0 radical (unpaired) electrons. The number of nitrogens with zero attached hydrogens (tertiary/aromatic N) is 2. The van der Waals surface area contributed by atoms with Crippen molar-refractivity contribution in [3.8, 4) is 39.1 Å². The van der Waals surface area contributed by atoms with Crippen molar-refractivity contribution in [1.82, 2.24) is 4.57 Å². The van der Waals surface area contributed by atoms with E-state index in [-0.39, 0.29) is 16.7 Å². The van der Waals surface area contributed by atoms with Gasteiger partial charge in [-0.2, -0.15) is 0 Å². The molecule has 0 N–H and O–H groups in total. The zero-order valence-electron chi connectivity index (χ0n) is 55.7. The number of hydrogen-bond acceptors (Lipinski definition) is 2. The highest BCUT2D eigenvalue weighted by atomic mass is 16.3. The summed E-state index contributed by atoms with van der Waals surface area (Å²) in [7, 11) is 0. The number of furan rings is 1. The molecule has 0 atom stereocenters. The molecule has 0 unspecified atom stereocenters. The van der Waals surface area contributed by atoms with E-state index < -0.39 is 188 Å². The standard InChI is InChI=1S/C62H40N2O/c1-3-15-45-39-47(27-25-41(45)13-1)43-29-33-49(34-30-43)63(50-35-31-44(32-36-50)48-28-26-42-14-2-4-16-46(42)40-48)59-38-37-54(62-61(59)55-20-8-12-24-60(55)65-62)53-19-7-11-23-58(53)64-56-21-9-5-17-51(56)52-18-6-10-22-57(52)64/h1-40H/i1D,2D,3D,4D,13D,14D,15D,16D,25D,26D,27D,28D,29D,30D,31D,32D,33D,34D,35D,36D,39D,40D. The average molecular weight is 851 g/mol. The van der Waals surface area contributed by atoms with Crippen LogP contribution in [0, 0.1) is 0 Å². The van der Waals surface area contributed by atoms with Crippen LogP contribution >= 0.6 is 0 Å². The molecule has 0 aliphatic heterocycles. The van der Waals surface area contributed by atoms with Gasteiger partial charge in [-0.3, -0.25) is 0 Å². The Bertz CT molecular complexity index is 4990. The Hall–Kier alpha value is -8.66. The number of rotatable bonds is 7. The first-order chi connectivity index (χ1) is 41.4. The Kier molecular flexibility index (Phi) is 4.88. The van der Waals surface area contributed by atoms with E-state index in [0.717, 1.165) is 32.4 Å². The van der Waals surface area contributed by atoms with Crippen LogP contribution in [0.4, 0.5) is 17.1 Å². The van der Waals surface area contributed by atoms with Crippen LogP contribution in [-0.4, -0.2) is 4.57 Å². The quantitative estimate of drug-likeness (QED) is 0.159. The van der Waals surface area contributed by atoms with Crippen LogP contribution in [0.2, 0.25) is 0 Å². The summed E-state index contributed by atoms with van der Waals surface area (Å²) in [5.74, 6) is 0. The van der Waals surface area contributed by atoms with E-state index in [0.29, 0.717) is 22.1 Å². The topological polar surface area (TPSA) is 21.3 Å². The van der Waals surface area contributed by atoms with Gasteiger partial charge in [0.05, 0.1) is 58.0 Å². The van der Waals surface area contributed by atoms with E-state index in [9.17, 15) is 13.7 Å². The zero-order valence-corrected chi connectivity index (χ0v) is 33.7. The Balaban J connectivity index is 1.14. The summed E-state index contributed by atoms with van der Waals surface area (Å²) in [5, 5.41) is 0.562. The second-order valence-electron chi connectivity index (χ2n) is 15.1. The van der Waals surface area contributed by atoms with Crippen molar-refractivity contribution in [1.29, 1.82) is 0 Å². The molecule has 13 aromatic rings. The minimum Gasteiger partial charge on any atom is -0.455 e. The fraction of sp³-hybridized carbons (Fsp3) is 0. The van der Waals surface area contributed by atoms with Gasteiger partial charge in [-0.15, -0.1) is 0 Å². The Morgan fingerprint density at radius 3 is 1.49 bits per heavy atom. The molecule has 0 amide bonds. The molecule has 0 aliphatic carbocycles. The summed E-state index contributed by atoms with van der Waals surface area (Å²) in [4.78, 5) is 0.994. The van der Waals surface area contributed by atoms with Gasteiger partial charge in [-0.05, 0) is 116 Å². The largest absolute Gasteiger partial charge is 0.455 e. The second-order valence-corrected chi connectivity index (χ2v) is 15.1. The number of benzene rings is 11. The molecule has 11 aromatic carbocycles. The molecule has 0 bridgehead atoms. The highest BCUT2D eigenvalue weighted by molar-refractivity contribution is 6.18. The summed E-state index contributed by atoms with van der Waals surface area (Å²) in [6.45, 7) is 0. The Morgan fingerprint density at radius 2 is 0.892 bits per heavy atom. The molecule has 0 saturated carbocycles. The highest BCUT2D eigenvalue weighted by Crippen LogP contribution is 2.48. The normalized spacial score (nSPS) is 16.4. The van der Waals surface area contributed by atoms with Crippen LogP contribution in [0.15, 0.2) is 247 Å². The third kappa shape index (κ3) is 6.12. The van der Waals surface area contributed by atoms with Crippen molar-refractivity contribution >= 4 is 82.4 Å². The Labute approximate surface area is 407 Å². The van der Waals surface area contributed by atoms with Crippen LogP contribution in [0.25, 0.3) is 104 Å². The average Bonchev–Trinajstić information content (AvgIpc) is 1.44. The van der Waals surface area contributed by atoms with Gasteiger partial charge < -0.3 is 13.9 Å². The summed E-state index contributed by atoms with van der Waals surface area (Å²) in [5.41, 5.74) is -0.203. The molecule has 13 rings (SSSR count). The fourth-order valence-corrected chi connectivity index (χ4v) is 8.54. The molecule has 0 spiro atoms. The minimum absolute atomic E-state index is 0.0924. The molecule has 2 heterocycles. The van der Waals surface area contributed by atoms with E-state index in [1.54, 1.807) is 30.3 Å². The van der Waals surface area contributed by atoms with E-state index >= 15 is 0 Å². The minimum atomic E-state index is -0.948. The smallest absolute Gasteiger partial charge is 0.145 e. The van der Waals surface area contributed by atoms with Gasteiger partial charge in [0.1, 0.15) is 11.2 Å². The van der Waals surface area contributed by atoms with Crippen molar-refractivity contribution < 1.29 is 34.6 Å². The second kappa shape index (κ2) is 15.0. The SMILES string of the molecule is [2H]c1c([2H])c(N(c2c([2H])c([2H])c(-c3c([2H])c([2H])c4c([2H])c([2H])c([2H])c([2H])c4c3[2H])c([2H])c2[2H])c2ccc(-c3ccccc3-n3c4ccccc4c4ccccc43)c3oc4ccccc4c23)c([2H])c([2H])c1-c1c([2H])c([2H])c2c([2H])c([2H])c([2H])c([2H])c2c1[2H]. The van der Waals surface area contributed by atoms with Gasteiger partial charge >= 0.3 is 0 Å². The molecular formula is C62H40N2O. The molecule has 0 aliphatic rings. The predicted molar refractivity (Wildman–Crippen MR) is 274 cm³/mol. The number of aromatic nitrogens is 1. The van der Waals surface area contributed by atoms with E-state index in [1.807, 2.05) is 72.8 Å². The summed E-state index contributed by atoms with van der Waals surface area (Å²) in [6.07, 6.45) is 0. The maximum atomic E-state index is 9.95. The Morgan fingerprint density at radius 1 is 0.400 bits per heavy atom. The summed E-state index contributed by atoms with van der Waals surface area (Å²) >= 11 is 0. The lowest BCUT2D eigenvalue weighted by molar-refractivity contribution is 0.670. The molecule has 3 nitrogen and oxygen atoms in total. The van der Waals surface area contributed by atoms with Crippen molar-refractivity contribution in [3.63, 3.8) is 0 Å². The molecular weight excluding hydrogens is 789 g/mol. The number of para-hydroxylation sites is 4. The van der Waals surface area contributed by atoms with Crippen molar-refractivity contribution in [3.05, 3.63) is 242 Å². The van der Waals surface area contributed by atoms with E-state index in [4.69, 9.17) is 20.9 Å². The highest BCUT2D eigenvalue weighted by Gasteiger charge is 2.24. The molecule has 3 heteroatoms. The maximum Gasteiger partial charge on any atom is 0.145 e. The van der Waals surface area contributed by atoms with Crippen molar-refractivity contribution in [2.45, 2.75) is 0 Å². The third-order valence-electron chi connectivity index (χ3n) is 11.4. The lowest BCUT2D eigenvalue weighted by Crippen LogP contribution is -2.10. The third-order valence-corrected chi connectivity index (χ3v) is 11.4. The van der Waals surface area contributed by atoms with Gasteiger partial charge in [0.25, 0.3) is 0 Å². The zero-order chi connectivity index (χ0) is 62.0. The van der Waals surface area contributed by atoms with Crippen molar-refractivity contribution in [2.75, 3.05) is 4.90 Å². The maximum absolute atomic E-state index is 9.95. The van der Waals surface area contributed by atoms with Crippen LogP contribution < -0.4 is 4.90 Å². The number of anilines is 3. The molecule has 65 heavy (non-hydrogen) atoms. The predicted octanol–water partition coefficient (Wildman–Crippen LogP) is 17.5. The summed E-state index contributed by atoms with van der Waals surface area (Å²) in [6, 6.07) is 15.0. The number of hydrogen-bond donors (Lipinski definition) is 0. The molecule has 0 fully saturated rings. The van der Waals surface area contributed by atoms with Crippen LogP contribution in [0.1, 0.15) is 30.2 Å². The van der Waals surface area contributed by atoms with Crippen LogP contribution in [0.3, 0.4) is 0 Å². The van der Waals surface area contributed by atoms with Gasteiger partial charge in [0.2, 0.25) is 0 Å². The van der Waals surface area contributed by atoms with Gasteiger partial charge in [-0.25, -0.2) is 0 Å². The lowest BCUT2D eigenvalue weighted by atomic mass is 9.97. The number of fused-ring (bicyclic) bond motifs is 8. The fourth-order valence-electron chi connectivity index (χ4n) is 8.54. The lowest BCUT2D eigenvalue weighted by Gasteiger charge is -2.27. The first-order valence-corrected chi connectivity index (χ1v) is 20.5. The van der Waals surface area contributed by atoms with Gasteiger partial charge in [-0.1, -0.05) is 169 Å². The van der Waals surface area contributed by atoms with E-state index in [2.05, 4.69) is 4.57 Å². The summed E-state index contributed by atoms with van der Waals surface area (Å²) < 4.78 is 211.